The molecule has 0 saturated carbocycles. The van der Waals surface area contributed by atoms with Gasteiger partial charge in [0.05, 0.1) is 29.6 Å². The number of fused-ring (bicyclic) bond motifs is 3. The van der Waals surface area contributed by atoms with Crippen LogP contribution in [0.4, 0.5) is 0 Å². The van der Waals surface area contributed by atoms with E-state index in [1.54, 1.807) is 18.4 Å². The number of terminal acetylenes is 1. The number of carbonyl (C=O) groups is 1. The lowest BCUT2D eigenvalue weighted by Gasteiger charge is -2.13. The van der Waals surface area contributed by atoms with E-state index in [-0.39, 0.29) is 12.5 Å². The van der Waals surface area contributed by atoms with E-state index < -0.39 is 0 Å². The molecular weight excluding hydrogens is 334 g/mol. The van der Waals surface area contributed by atoms with Crippen molar-refractivity contribution >= 4 is 33.2 Å². The number of carbonyl (C=O) groups excluding carboxylic acids is 1. The quantitative estimate of drug-likeness (QED) is 0.682. The summed E-state index contributed by atoms with van der Waals surface area (Å²) in [5, 5.41) is 7.94. The average molecular weight is 349 g/mol. The van der Waals surface area contributed by atoms with Crippen LogP contribution in [0.3, 0.4) is 0 Å². The van der Waals surface area contributed by atoms with Gasteiger partial charge >= 0.3 is 0 Å². The summed E-state index contributed by atoms with van der Waals surface area (Å²) >= 11 is 1.62. The van der Waals surface area contributed by atoms with Crippen LogP contribution in [0.5, 0.6) is 5.75 Å². The fourth-order valence-corrected chi connectivity index (χ4v) is 3.78. The van der Waals surface area contributed by atoms with Gasteiger partial charge in [0, 0.05) is 0 Å². The van der Waals surface area contributed by atoms with Gasteiger partial charge in [-0.1, -0.05) is 5.92 Å². The summed E-state index contributed by atoms with van der Waals surface area (Å²) in [6.07, 6.45) is 5.44. The van der Waals surface area contributed by atoms with E-state index in [9.17, 15) is 4.79 Å². The first-order valence-corrected chi connectivity index (χ1v) is 8.63. The lowest BCUT2D eigenvalue weighted by Crippen LogP contribution is -2.26. The third-order valence-electron chi connectivity index (χ3n) is 4.19. The molecule has 0 aliphatic carbocycles. The number of thiophene rings is 1. The summed E-state index contributed by atoms with van der Waals surface area (Å²) in [5.41, 5.74) is 3.37. The van der Waals surface area contributed by atoms with E-state index >= 15 is 0 Å². The summed E-state index contributed by atoms with van der Waals surface area (Å²) in [5.74, 6) is 3.11. The molecule has 5 nitrogen and oxygen atoms in total. The zero-order valence-corrected chi connectivity index (χ0v) is 14.4. The predicted octanol–water partition coefficient (Wildman–Crippen LogP) is 3.20. The Bertz CT molecular complexity index is 1020. The lowest BCUT2D eigenvalue weighted by molar-refractivity contribution is 0.0776. The molecule has 0 saturated heterocycles. The fraction of sp³-hybridized carbons (Fsp3) is 0.158. The van der Waals surface area contributed by atoms with Gasteiger partial charge in [-0.3, -0.25) is 4.79 Å². The van der Waals surface area contributed by atoms with Gasteiger partial charge in [-0.2, -0.15) is 5.10 Å². The standard InChI is InChI=1S/C19H15N3O2S/c1-3-9-22-19(23)17-11-18-16(8-10-25-18)21(17)12-15(20-22)13-4-6-14(24-2)7-5-13/h1,4-8,10-11H,9,12H2,2H3. The minimum Gasteiger partial charge on any atom is -0.497 e. The zero-order chi connectivity index (χ0) is 17.4. The van der Waals surface area contributed by atoms with Crippen LogP contribution in [0.25, 0.3) is 10.2 Å². The highest BCUT2D eigenvalue weighted by atomic mass is 32.1. The number of hydrogen-bond donors (Lipinski definition) is 0. The third-order valence-corrected chi connectivity index (χ3v) is 5.04. The molecule has 0 atom stereocenters. The molecule has 3 heterocycles. The van der Waals surface area contributed by atoms with E-state index in [0.29, 0.717) is 12.2 Å². The van der Waals surface area contributed by atoms with Crippen molar-refractivity contribution in [1.82, 2.24) is 9.58 Å². The van der Waals surface area contributed by atoms with Gasteiger partial charge in [-0.15, -0.1) is 17.8 Å². The number of aromatic nitrogens is 1. The second-order valence-electron chi connectivity index (χ2n) is 5.63. The van der Waals surface area contributed by atoms with Crippen LogP contribution in [0.2, 0.25) is 0 Å². The van der Waals surface area contributed by atoms with E-state index in [4.69, 9.17) is 11.2 Å². The highest BCUT2D eigenvalue weighted by molar-refractivity contribution is 7.17. The van der Waals surface area contributed by atoms with Crippen molar-refractivity contribution in [1.29, 1.82) is 0 Å². The van der Waals surface area contributed by atoms with Gasteiger partial charge in [0.25, 0.3) is 5.91 Å². The van der Waals surface area contributed by atoms with Gasteiger partial charge in [0.1, 0.15) is 18.0 Å². The van der Waals surface area contributed by atoms with Crippen LogP contribution in [-0.4, -0.2) is 34.8 Å². The highest BCUT2D eigenvalue weighted by Crippen LogP contribution is 2.28. The van der Waals surface area contributed by atoms with Crippen LogP contribution < -0.4 is 4.74 Å². The first kappa shape index (κ1) is 15.5. The summed E-state index contributed by atoms with van der Waals surface area (Å²) < 4.78 is 8.31. The first-order valence-electron chi connectivity index (χ1n) is 7.75. The molecule has 1 amide bonds. The summed E-state index contributed by atoms with van der Waals surface area (Å²) in [7, 11) is 1.63. The van der Waals surface area contributed by atoms with Crippen molar-refractivity contribution in [2.24, 2.45) is 5.10 Å². The summed E-state index contributed by atoms with van der Waals surface area (Å²) in [6, 6.07) is 11.6. The number of rotatable bonds is 3. The molecular formula is C19H15N3O2S. The molecule has 0 radical (unpaired) electrons. The molecule has 25 heavy (non-hydrogen) atoms. The van der Waals surface area contributed by atoms with Gasteiger partial charge in [-0.25, -0.2) is 5.01 Å². The molecule has 4 rings (SSSR count). The molecule has 6 heteroatoms. The van der Waals surface area contributed by atoms with E-state index in [1.807, 2.05) is 46.3 Å². The molecule has 0 unspecified atom stereocenters. The van der Waals surface area contributed by atoms with E-state index in [1.165, 1.54) is 5.01 Å². The average Bonchev–Trinajstić information content (AvgIpc) is 3.19. The maximum Gasteiger partial charge on any atom is 0.291 e. The Balaban J connectivity index is 1.85. The minimum absolute atomic E-state index is 0.136. The predicted molar refractivity (Wildman–Crippen MR) is 99.2 cm³/mol. The van der Waals surface area contributed by atoms with Crippen LogP contribution in [0.15, 0.2) is 46.9 Å². The van der Waals surface area contributed by atoms with Gasteiger partial charge < -0.3 is 9.30 Å². The molecule has 0 bridgehead atoms. The Hall–Kier alpha value is -3.04. The van der Waals surface area contributed by atoms with Crippen LogP contribution in [0.1, 0.15) is 16.1 Å². The number of hydrogen-bond acceptors (Lipinski definition) is 4. The maximum absolute atomic E-state index is 12.9. The topological polar surface area (TPSA) is 46.8 Å². The molecule has 2 aromatic heterocycles. The molecule has 1 aromatic carbocycles. The van der Waals surface area contributed by atoms with Crippen molar-refractivity contribution < 1.29 is 9.53 Å². The van der Waals surface area contributed by atoms with Crippen LogP contribution >= 0.6 is 11.3 Å². The number of amides is 1. The number of ether oxygens (including phenoxy) is 1. The number of benzene rings is 1. The maximum atomic E-state index is 12.9. The molecule has 1 aliphatic heterocycles. The monoisotopic (exact) mass is 349 g/mol. The largest absolute Gasteiger partial charge is 0.497 e. The molecule has 124 valence electrons. The van der Waals surface area contributed by atoms with Crippen molar-refractivity contribution in [3.63, 3.8) is 0 Å². The van der Waals surface area contributed by atoms with Gasteiger partial charge in [0.15, 0.2) is 0 Å². The third kappa shape index (κ3) is 2.59. The zero-order valence-electron chi connectivity index (χ0n) is 13.6. The number of nitrogens with zero attached hydrogens (tertiary/aromatic N) is 3. The summed E-state index contributed by atoms with van der Waals surface area (Å²) in [6.45, 7) is 0.645. The van der Waals surface area contributed by atoms with Gasteiger partial charge in [0.2, 0.25) is 0 Å². The van der Waals surface area contributed by atoms with Crippen molar-refractivity contribution in [3.05, 3.63) is 53.0 Å². The Kier molecular flexibility index (Phi) is 3.79. The second kappa shape index (κ2) is 6.11. The summed E-state index contributed by atoms with van der Waals surface area (Å²) in [4.78, 5) is 12.9. The normalized spacial score (nSPS) is 14.0. The number of methoxy groups -OCH3 is 1. The molecule has 0 spiro atoms. The SMILES string of the molecule is C#CCN1N=C(c2ccc(OC)cc2)Cn2c(cc3sccc32)C1=O. The molecule has 0 N–H and O–H groups in total. The smallest absolute Gasteiger partial charge is 0.291 e. The molecule has 0 fully saturated rings. The van der Waals surface area contributed by atoms with Crippen molar-refractivity contribution in [2.45, 2.75) is 6.54 Å². The lowest BCUT2D eigenvalue weighted by atomic mass is 10.1. The first-order chi connectivity index (χ1) is 12.2. The van der Waals surface area contributed by atoms with Crippen molar-refractivity contribution in [2.75, 3.05) is 13.7 Å². The van der Waals surface area contributed by atoms with E-state index in [2.05, 4.69) is 11.0 Å². The Morgan fingerprint density at radius 1 is 1.32 bits per heavy atom. The fourth-order valence-electron chi connectivity index (χ4n) is 2.96. The Labute approximate surface area is 149 Å². The minimum atomic E-state index is -0.176. The van der Waals surface area contributed by atoms with Crippen molar-refractivity contribution in [3.8, 4) is 18.1 Å². The van der Waals surface area contributed by atoms with E-state index in [0.717, 1.165) is 27.2 Å². The molecule has 3 aromatic rings. The van der Waals surface area contributed by atoms with Gasteiger partial charge in [-0.05, 0) is 47.3 Å². The van der Waals surface area contributed by atoms with Crippen LogP contribution in [-0.2, 0) is 6.54 Å². The second-order valence-corrected chi connectivity index (χ2v) is 6.58. The molecule has 1 aliphatic rings. The number of hydrazone groups is 1. The highest BCUT2D eigenvalue weighted by Gasteiger charge is 2.26. The Morgan fingerprint density at radius 2 is 2.12 bits per heavy atom. The Morgan fingerprint density at radius 3 is 2.84 bits per heavy atom. The van der Waals surface area contributed by atoms with Crippen LogP contribution in [0, 0.1) is 12.3 Å².